The highest BCUT2D eigenvalue weighted by atomic mass is 15.2. The van der Waals surface area contributed by atoms with Crippen molar-refractivity contribution in [2.24, 2.45) is 5.92 Å². The molecule has 1 aromatic heterocycles. The minimum Gasteiger partial charge on any atom is -0.368 e. The molecular weight excluding hydrogens is 222 g/mol. The predicted molar refractivity (Wildman–Crippen MR) is 75.9 cm³/mol. The van der Waals surface area contributed by atoms with Crippen LogP contribution in [0.3, 0.4) is 0 Å². The first-order valence-corrected chi connectivity index (χ1v) is 7.02. The van der Waals surface area contributed by atoms with Crippen molar-refractivity contribution >= 4 is 16.7 Å². The smallest absolute Gasteiger partial charge is 0.156 e. The van der Waals surface area contributed by atoms with Crippen LogP contribution in [0.2, 0.25) is 0 Å². The molecule has 1 heterocycles. The molecule has 0 unspecified atom stereocenters. The summed E-state index contributed by atoms with van der Waals surface area (Å²) in [5, 5.41) is 12.3. The molecule has 96 valence electrons. The van der Waals surface area contributed by atoms with Crippen molar-refractivity contribution in [3.63, 3.8) is 0 Å². The lowest BCUT2D eigenvalue weighted by Gasteiger charge is -2.21. The standard InChI is InChI=1S/C15H21N3/c1-11-6-5-9-13-14(11)15(18-17-13)16-10-12-7-3-2-4-8-12/h5-6,9,12H,2-4,7-8,10H2,1H3,(H2,16,17,18). The van der Waals surface area contributed by atoms with Crippen LogP contribution in [0.1, 0.15) is 37.7 Å². The third-order valence-corrected chi connectivity index (χ3v) is 4.08. The first kappa shape index (κ1) is 11.6. The van der Waals surface area contributed by atoms with Crippen LogP contribution in [0.25, 0.3) is 10.9 Å². The van der Waals surface area contributed by atoms with E-state index in [9.17, 15) is 0 Å². The molecule has 3 heteroatoms. The number of benzene rings is 1. The molecule has 1 aromatic carbocycles. The molecule has 0 radical (unpaired) electrons. The molecule has 0 spiro atoms. The molecule has 2 aromatic rings. The van der Waals surface area contributed by atoms with Gasteiger partial charge in [0, 0.05) is 11.9 Å². The minimum atomic E-state index is 0.828. The van der Waals surface area contributed by atoms with Gasteiger partial charge in [-0.1, -0.05) is 31.4 Å². The maximum Gasteiger partial charge on any atom is 0.156 e. The van der Waals surface area contributed by atoms with Crippen molar-refractivity contribution in [3.05, 3.63) is 23.8 Å². The molecule has 1 aliphatic carbocycles. The summed E-state index contributed by atoms with van der Waals surface area (Å²) < 4.78 is 0. The highest BCUT2D eigenvalue weighted by Crippen LogP contribution is 2.27. The Balaban J connectivity index is 1.74. The van der Waals surface area contributed by atoms with Gasteiger partial charge in [0.1, 0.15) is 0 Å². The van der Waals surface area contributed by atoms with Crippen LogP contribution in [-0.2, 0) is 0 Å². The van der Waals surface area contributed by atoms with Crippen molar-refractivity contribution in [1.82, 2.24) is 10.2 Å². The summed E-state index contributed by atoms with van der Waals surface area (Å²) in [7, 11) is 0. The Morgan fingerprint density at radius 1 is 1.28 bits per heavy atom. The maximum atomic E-state index is 4.40. The second-order valence-electron chi connectivity index (χ2n) is 5.45. The van der Waals surface area contributed by atoms with Gasteiger partial charge in [-0.25, -0.2) is 0 Å². The number of anilines is 1. The lowest BCUT2D eigenvalue weighted by Crippen LogP contribution is -2.17. The Morgan fingerprint density at radius 2 is 2.11 bits per heavy atom. The maximum absolute atomic E-state index is 4.40. The van der Waals surface area contributed by atoms with E-state index in [1.165, 1.54) is 43.1 Å². The summed E-state index contributed by atoms with van der Waals surface area (Å²) >= 11 is 0. The normalized spacial score (nSPS) is 17.2. The number of nitrogens with one attached hydrogen (secondary N) is 2. The Hall–Kier alpha value is -1.51. The van der Waals surface area contributed by atoms with Crippen LogP contribution >= 0.6 is 0 Å². The average molecular weight is 243 g/mol. The number of aromatic nitrogens is 2. The van der Waals surface area contributed by atoms with Crippen molar-refractivity contribution in [2.75, 3.05) is 11.9 Å². The van der Waals surface area contributed by atoms with Gasteiger partial charge in [0.2, 0.25) is 0 Å². The lowest BCUT2D eigenvalue weighted by molar-refractivity contribution is 0.373. The first-order chi connectivity index (χ1) is 8.84. The predicted octanol–water partition coefficient (Wildman–Crippen LogP) is 3.86. The van der Waals surface area contributed by atoms with Crippen LogP contribution in [0.5, 0.6) is 0 Å². The molecular formula is C15H21N3. The summed E-state index contributed by atoms with van der Waals surface area (Å²) in [5.74, 6) is 1.85. The van der Waals surface area contributed by atoms with E-state index < -0.39 is 0 Å². The number of hydrogen-bond acceptors (Lipinski definition) is 2. The van der Waals surface area contributed by atoms with Crippen molar-refractivity contribution in [3.8, 4) is 0 Å². The zero-order valence-corrected chi connectivity index (χ0v) is 11.0. The van der Waals surface area contributed by atoms with Crippen molar-refractivity contribution in [2.45, 2.75) is 39.0 Å². The average Bonchev–Trinajstić information content (AvgIpc) is 2.82. The Labute approximate surface area is 108 Å². The molecule has 18 heavy (non-hydrogen) atoms. The quantitative estimate of drug-likeness (QED) is 0.859. The van der Waals surface area contributed by atoms with Gasteiger partial charge in [-0.2, -0.15) is 5.10 Å². The highest BCUT2D eigenvalue weighted by molar-refractivity contribution is 5.92. The molecule has 0 saturated heterocycles. The van der Waals surface area contributed by atoms with Gasteiger partial charge in [0.25, 0.3) is 0 Å². The minimum absolute atomic E-state index is 0.828. The van der Waals surface area contributed by atoms with Crippen molar-refractivity contribution in [1.29, 1.82) is 0 Å². The number of aryl methyl sites for hydroxylation is 1. The molecule has 0 bridgehead atoms. The van der Waals surface area contributed by atoms with Crippen LogP contribution in [0.15, 0.2) is 18.2 Å². The van der Waals surface area contributed by atoms with Gasteiger partial charge in [-0.05, 0) is 37.3 Å². The summed E-state index contributed by atoms with van der Waals surface area (Å²) in [6, 6.07) is 6.30. The van der Waals surface area contributed by atoms with Crippen molar-refractivity contribution < 1.29 is 0 Å². The van der Waals surface area contributed by atoms with E-state index in [1.54, 1.807) is 0 Å². The van der Waals surface area contributed by atoms with Crippen LogP contribution in [0.4, 0.5) is 5.82 Å². The van der Waals surface area contributed by atoms with Gasteiger partial charge in [0.05, 0.1) is 5.52 Å². The molecule has 0 amide bonds. The SMILES string of the molecule is Cc1cccc2[nH]nc(NCC3CCCCC3)c12. The lowest BCUT2D eigenvalue weighted by atomic mass is 9.89. The van der Waals surface area contributed by atoms with E-state index in [0.717, 1.165) is 23.8 Å². The summed E-state index contributed by atoms with van der Waals surface area (Å²) in [6.07, 6.45) is 6.95. The zero-order valence-electron chi connectivity index (χ0n) is 11.0. The summed E-state index contributed by atoms with van der Waals surface area (Å²) in [5.41, 5.74) is 2.41. The fraction of sp³-hybridized carbons (Fsp3) is 0.533. The van der Waals surface area contributed by atoms with E-state index >= 15 is 0 Å². The van der Waals surface area contributed by atoms with E-state index in [0.29, 0.717) is 0 Å². The number of aromatic amines is 1. The van der Waals surface area contributed by atoms with E-state index in [-0.39, 0.29) is 0 Å². The Kier molecular flexibility index (Phi) is 3.22. The van der Waals surface area contributed by atoms with Crippen LogP contribution in [0, 0.1) is 12.8 Å². The molecule has 2 N–H and O–H groups in total. The summed E-state index contributed by atoms with van der Waals surface area (Å²) in [4.78, 5) is 0. The molecule has 1 saturated carbocycles. The third kappa shape index (κ3) is 2.22. The number of nitrogens with zero attached hydrogens (tertiary/aromatic N) is 1. The fourth-order valence-electron chi connectivity index (χ4n) is 3.01. The van der Waals surface area contributed by atoms with Crippen LogP contribution in [-0.4, -0.2) is 16.7 Å². The molecule has 3 rings (SSSR count). The fourth-order valence-corrected chi connectivity index (χ4v) is 3.01. The monoisotopic (exact) mass is 243 g/mol. The molecule has 1 aliphatic rings. The van der Waals surface area contributed by atoms with E-state index in [1.807, 2.05) is 0 Å². The topological polar surface area (TPSA) is 40.7 Å². The molecule has 3 nitrogen and oxygen atoms in total. The molecule has 0 aliphatic heterocycles. The second kappa shape index (κ2) is 5.01. The third-order valence-electron chi connectivity index (χ3n) is 4.08. The summed E-state index contributed by atoms with van der Waals surface area (Å²) in [6.45, 7) is 3.21. The first-order valence-electron chi connectivity index (χ1n) is 7.02. The van der Waals surface area contributed by atoms with Gasteiger partial charge in [-0.15, -0.1) is 0 Å². The number of hydrogen-bond donors (Lipinski definition) is 2. The van der Waals surface area contributed by atoms with Gasteiger partial charge in [0.15, 0.2) is 5.82 Å². The van der Waals surface area contributed by atoms with Gasteiger partial charge < -0.3 is 5.32 Å². The van der Waals surface area contributed by atoms with Crippen LogP contribution < -0.4 is 5.32 Å². The van der Waals surface area contributed by atoms with Gasteiger partial charge >= 0.3 is 0 Å². The number of fused-ring (bicyclic) bond motifs is 1. The number of H-pyrrole nitrogens is 1. The largest absolute Gasteiger partial charge is 0.368 e. The van der Waals surface area contributed by atoms with E-state index in [2.05, 4.69) is 40.6 Å². The van der Waals surface area contributed by atoms with E-state index in [4.69, 9.17) is 0 Å². The Bertz CT molecular complexity index is 524. The zero-order chi connectivity index (χ0) is 12.4. The molecule has 0 atom stereocenters. The van der Waals surface area contributed by atoms with Gasteiger partial charge in [-0.3, -0.25) is 5.10 Å². The second-order valence-corrected chi connectivity index (χ2v) is 5.45. The Morgan fingerprint density at radius 3 is 2.94 bits per heavy atom. The number of rotatable bonds is 3. The molecule has 1 fully saturated rings. The highest BCUT2D eigenvalue weighted by Gasteiger charge is 2.14.